The molecule has 1 aromatic carbocycles. The molecular weight excluding hydrogens is 276 g/mol. The van der Waals surface area contributed by atoms with E-state index in [0.717, 1.165) is 12.1 Å². The van der Waals surface area contributed by atoms with Crippen LogP contribution in [0, 0.1) is 17.6 Å². The summed E-state index contributed by atoms with van der Waals surface area (Å²) in [5.74, 6) is -3.39. The van der Waals surface area contributed by atoms with Crippen molar-refractivity contribution in [2.24, 2.45) is 5.92 Å². The van der Waals surface area contributed by atoms with Crippen molar-refractivity contribution >= 4 is 15.7 Å². The second-order valence-corrected chi connectivity index (χ2v) is 6.49. The second-order valence-electron chi connectivity index (χ2n) is 4.49. The van der Waals surface area contributed by atoms with Crippen molar-refractivity contribution in [2.45, 2.75) is 17.7 Å². The first-order valence-corrected chi connectivity index (χ1v) is 7.51. The van der Waals surface area contributed by atoms with Gasteiger partial charge in [-0.3, -0.25) is 4.79 Å². The fraction of sp³-hybridized carbons (Fsp3) is 0.417. The molecule has 0 saturated carbocycles. The van der Waals surface area contributed by atoms with Crippen LogP contribution in [0.2, 0.25) is 0 Å². The van der Waals surface area contributed by atoms with Gasteiger partial charge in [0, 0.05) is 6.54 Å². The number of halogens is 2. The SMILES string of the molecule is O=C1NCCC[C@@H]1CS(=O)(=O)c1cc(F)ccc1F. The highest BCUT2D eigenvalue weighted by atomic mass is 32.2. The minimum absolute atomic E-state index is 0.355. The molecule has 2 rings (SSSR count). The standard InChI is InChI=1S/C12H13F2NO3S/c13-9-3-4-10(14)11(6-9)19(17,18)7-8-2-1-5-15-12(8)16/h3-4,6,8H,1-2,5,7H2,(H,15,16)/t8-/m1/s1. The van der Waals surface area contributed by atoms with E-state index in [0.29, 0.717) is 25.5 Å². The van der Waals surface area contributed by atoms with Gasteiger partial charge in [-0.05, 0) is 31.0 Å². The predicted octanol–water partition coefficient (Wildman–Crippen LogP) is 1.26. The minimum atomic E-state index is -4.02. The van der Waals surface area contributed by atoms with E-state index in [2.05, 4.69) is 5.32 Å². The normalized spacial score (nSPS) is 20.1. The Morgan fingerprint density at radius 3 is 2.74 bits per heavy atom. The lowest BCUT2D eigenvalue weighted by Gasteiger charge is -2.21. The van der Waals surface area contributed by atoms with Gasteiger partial charge in [0.15, 0.2) is 9.84 Å². The summed E-state index contributed by atoms with van der Waals surface area (Å²) in [5.41, 5.74) is 0. The average Bonchev–Trinajstić information content (AvgIpc) is 2.35. The molecule has 1 aromatic rings. The van der Waals surface area contributed by atoms with Gasteiger partial charge in [0.05, 0.1) is 11.7 Å². The third-order valence-corrected chi connectivity index (χ3v) is 4.87. The minimum Gasteiger partial charge on any atom is -0.356 e. The van der Waals surface area contributed by atoms with E-state index in [1.54, 1.807) is 0 Å². The van der Waals surface area contributed by atoms with E-state index < -0.39 is 38.0 Å². The molecule has 1 N–H and O–H groups in total. The van der Waals surface area contributed by atoms with Crippen molar-refractivity contribution in [1.29, 1.82) is 0 Å². The fourth-order valence-corrected chi connectivity index (χ4v) is 3.75. The number of carbonyl (C=O) groups excluding carboxylic acids is 1. The summed E-state index contributed by atoms with van der Waals surface area (Å²) in [4.78, 5) is 10.8. The van der Waals surface area contributed by atoms with Gasteiger partial charge in [-0.1, -0.05) is 0 Å². The Morgan fingerprint density at radius 2 is 2.05 bits per heavy atom. The molecule has 7 heteroatoms. The lowest BCUT2D eigenvalue weighted by molar-refractivity contribution is -0.125. The maximum atomic E-state index is 13.5. The summed E-state index contributed by atoms with van der Waals surface area (Å²) in [6.07, 6.45) is 1.11. The van der Waals surface area contributed by atoms with Gasteiger partial charge in [-0.2, -0.15) is 0 Å². The third kappa shape index (κ3) is 3.09. The van der Waals surface area contributed by atoms with E-state index in [-0.39, 0.29) is 5.91 Å². The second kappa shape index (κ2) is 5.24. The summed E-state index contributed by atoms with van der Waals surface area (Å²) in [7, 11) is -4.02. The number of amides is 1. The zero-order valence-corrected chi connectivity index (χ0v) is 10.8. The van der Waals surface area contributed by atoms with Crippen LogP contribution in [0.25, 0.3) is 0 Å². The van der Waals surface area contributed by atoms with Crippen LogP contribution < -0.4 is 5.32 Å². The Balaban J connectivity index is 2.27. The van der Waals surface area contributed by atoms with Crippen molar-refractivity contribution in [3.63, 3.8) is 0 Å². The molecular formula is C12H13F2NO3S. The number of nitrogens with one attached hydrogen (secondary N) is 1. The fourth-order valence-electron chi connectivity index (χ4n) is 2.06. The zero-order valence-electron chi connectivity index (χ0n) is 10.0. The van der Waals surface area contributed by atoms with Crippen molar-refractivity contribution in [1.82, 2.24) is 5.32 Å². The molecule has 1 amide bonds. The Kier molecular flexibility index (Phi) is 3.84. The third-order valence-electron chi connectivity index (χ3n) is 3.05. The molecule has 0 bridgehead atoms. The van der Waals surface area contributed by atoms with E-state index >= 15 is 0 Å². The Hall–Kier alpha value is -1.50. The molecule has 1 heterocycles. The number of hydrogen-bond acceptors (Lipinski definition) is 3. The molecule has 0 aromatic heterocycles. The molecule has 104 valence electrons. The number of benzene rings is 1. The molecule has 0 radical (unpaired) electrons. The summed E-state index contributed by atoms with van der Waals surface area (Å²) in [5, 5.41) is 2.56. The maximum absolute atomic E-state index is 13.5. The Bertz CT molecular complexity index is 601. The molecule has 4 nitrogen and oxygen atoms in total. The summed E-state index contributed by atoms with van der Waals surface area (Å²) >= 11 is 0. The molecule has 1 saturated heterocycles. The van der Waals surface area contributed by atoms with Crippen molar-refractivity contribution in [3.05, 3.63) is 29.8 Å². The van der Waals surface area contributed by atoms with E-state index in [1.807, 2.05) is 0 Å². The topological polar surface area (TPSA) is 63.2 Å². The highest BCUT2D eigenvalue weighted by molar-refractivity contribution is 7.91. The molecule has 1 aliphatic rings. The first-order valence-electron chi connectivity index (χ1n) is 5.85. The lowest BCUT2D eigenvalue weighted by Crippen LogP contribution is -2.39. The van der Waals surface area contributed by atoms with Gasteiger partial charge in [-0.25, -0.2) is 17.2 Å². The number of carbonyl (C=O) groups is 1. The molecule has 1 atom stereocenters. The highest BCUT2D eigenvalue weighted by Gasteiger charge is 2.30. The maximum Gasteiger partial charge on any atom is 0.224 e. The van der Waals surface area contributed by atoms with Gasteiger partial charge in [-0.15, -0.1) is 0 Å². The van der Waals surface area contributed by atoms with Gasteiger partial charge in [0.25, 0.3) is 0 Å². The Morgan fingerprint density at radius 1 is 1.32 bits per heavy atom. The van der Waals surface area contributed by atoms with Crippen LogP contribution in [0.4, 0.5) is 8.78 Å². The molecule has 0 unspecified atom stereocenters. The lowest BCUT2D eigenvalue weighted by atomic mass is 10.0. The van der Waals surface area contributed by atoms with Crippen LogP contribution in [0.1, 0.15) is 12.8 Å². The average molecular weight is 289 g/mol. The number of sulfone groups is 1. The quantitative estimate of drug-likeness (QED) is 0.911. The largest absolute Gasteiger partial charge is 0.356 e. The van der Waals surface area contributed by atoms with Crippen molar-refractivity contribution in [2.75, 3.05) is 12.3 Å². The number of piperidine rings is 1. The molecule has 0 aliphatic carbocycles. The van der Waals surface area contributed by atoms with Gasteiger partial charge < -0.3 is 5.32 Å². The molecule has 1 aliphatic heterocycles. The summed E-state index contributed by atoms with van der Waals surface area (Å²) in [6, 6.07) is 2.26. The van der Waals surface area contributed by atoms with Crippen LogP contribution in [-0.4, -0.2) is 26.6 Å². The van der Waals surface area contributed by atoms with Gasteiger partial charge in [0.2, 0.25) is 5.91 Å². The van der Waals surface area contributed by atoms with Crippen LogP contribution in [-0.2, 0) is 14.6 Å². The van der Waals surface area contributed by atoms with Crippen molar-refractivity contribution in [3.8, 4) is 0 Å². The number of rotatable bonds is 3. The first kappa shape index (κ1) is 13.9. The van der Waals surface area contributed by atoms with E-state index in [9.17, 15) is 22.0 Å². The van der Waals surface area contributed by atoms with Crippen molar-refractivity contribution < 1.29 is 22.0 Å². The van der Waals surface area contributed by atoms with E-state index in [1.165, 1.54) is 0 Å². The van der Waals surface area contributed by atoms with Gasteiger partial charge in [0.1, 0.15) is 16.5 Å². The number of hydrogen-bond donors (Lipinski definition) is 1. The van der Waals surface area contributed by atoms with E-state index in [4.69, 9.17) is 0 Å². The van der Waals surface area contributed by atoms with Crippen LogP contribution >= 0.6 is 0 Å². The summed E-state index contributed by atoms with van der Waals surface area (Å²) in [6.45, 7) is 0.518. The molecule has 1 fully saturated rings. The zero-order chi connectivity index (χ0) is 14.0. The monoisotopic (exact) mass is 289 g/mol. The Labute approximate surface area is 109 Å². The van der Waals surface area contributed by atoms with Crippen LogP contribution in [0.3, 0.4) is 0 Å². The molecule has 0 spiro atoms. The highest BCUT2D eigenvalue weighted by Crippen LogP contribution is 2.22. The first-order chi connectivity index (χ1) is 8.90. The van der Waals surface area contributed by atoms with Crippen LogP contribution in [0.15, 0.2) is 23.1 Å². The predicted molar refractivity (Wildman–Crippen MR) is 64.1 cm³/mol. The van der Waals surface area contributed by atoms with Gasteiger partial charge >= 0.3 is 0 Å². The van der Waals surface area contributed by atoms with Crippen LogP contribution in [0.5, 0.6) is 0 Å². The molecule has 19 heavy (non-hydrogen) atoms. The summed E-state index contributed by atoms with van der Waals surface area (Å²) < 4.78 is 50.6. The smallest absolute Gasteiger partial charge is 0.224 e.